The van der Waals surface area contributed by atoms with Gasteiger partial charge in [-0.1, -0.05) is 6.07 Å². The van der Waals surface area contributed by atoms with Crippen LogP contribution in [0.4, 0.5) is 8.78 Å². The standard InChI is InChI=1S/C11H15F2NO2/c1-7(14)9-4-3-8(15-2)5-10(9)16-6-11(12)13/h3-5,7,11H,6,14H2,1-2H3. The third-order valence-electron chi connectivity index (χ3n) is 2.08. The van der Waals surface area contributed by atoms with Crippen molar-refractivity contribution in [1.29, 1.82) is 0 Å². The monoisotopic (exact) mass is 231 g/mol. The van der Waals surface area contributed by atoms with Crippen molar-refractivity contribution in [2.24, 2.45) is 5.73 Å². The Morgan fingerprint density at radius 1 is 1.38 bits per heavy atom. The van der Waals surface area contributed by atoms with Gasteiger partial charge in [-0.25, -0.2) is 8.78 Å². The first-order chi connectivity index (χ1) is 7.54. The molecule has 1 rings (SSSR count). The zero-order chi connectivity index (χ0) is 12.1. The van der Waals surface area contributed by atoms with Crippen molar-refractivity contribution >= 4 is 0 Å². The summed E-state index contributed by atoms with van der Waals surface area (Å²) in [7, 11) is 1.50. The molecule has 2 N–H and O–H groups in total. The number of ether oxygens (including phenoxy) is 2. The van der Waals surface area contributed by atoms with Crippen LogP contribution >= 0.6 is 0 Å². The highest BCUT2D eigenvalue weighted by Gasteiger charge is 2.11. The van der Waals surface area contributed by atoms with E-state index in [4.69, 9.17) is 15.2 Å². The zero-order valence-electron chi connectivity index (χ0n) is 9.24. The summed E-state index contributed by atoms with van der Waals surface area (Å²) in [4.78, 5) is 0. The van der Waals surface area contributed by atoms with Crippen LogP contribution in [0.25, 0.3) is 0 Å². The lowest BCUT2D eigenvalue weighted by Crippen LogP contribution is -2.12. The average Bonchev–Trinajstić information content (AvgIpc) is 2.25. The van der Waals surface area contributed by atoms with E-state index in [-0.39, 0.29) is 6.04 Å². The van der Waals surface area contributed by atoms with Crippen LogP contribution in [-0.4, -0.2) is 20.1 Å². The summed E-state index contributed by atoms with van der Waals surface area (Å²) in [6.45, 7) is 1.12. The fourth-order valence-corrected chi connectivity index (χ4v) is 1.30. The topological polar surface area (TPSA) is 44.5 Å². The predicted octanol–water partition coefficient (Wildman–Crippen LogP) is 2.36. The molecule has 3 nitrogen and oxygen atoms in total. The van der Waals surface area contributed by atoms with E-state index in [1.165, 1.54) is 7.11 Å². The van der Waals surface area contributed by atoms with Gasteiger partial charge in [-0.05, 0) is 13.0 Å². The van der Waals surface area contributed by atoms with E-state index in [1.807, 2.05) is 0 Å². The maximum absolute atomic E-state index is 12.0. The number of benzene rings is 1. The van der Waals surface area contributed by atoms with Gasteiger partial charge in [0.05, 0.1) is 7.11 Å². The van der Waals surface area contributed by atoms with Gasteiger partial charge in [0.15, 0.2) is 0 Å². The number of hydrogen-bond donors (Lipinski definition) is 1. The molecule has 0 heterocycles. The van der Waals surface area contributed by atoms with Crippen LogP contribution in [0.15, 0.2) is 18.2 Å². The SMILES string of the molecule is COc1ccc(C(C)N)c(OCC(F)F)c1. The Hall–Kier alpha value is -1.36. The van der Waals surface area contributed by atoms with Crippen molar-refractivity contribution in [1.82, 2.24) is 0 Å². The van der Waals surface area contributed by atoms with Crippen molar-refractivity contribution in [3.63, 3.8) is 0 Å². The maximum atomic E-state index is 12.0. The van der Waals surface area contributed by atoms with Gasteiger partial charge < -0.3 is 15.2 Å². The van der Waals surface area contributed by atoms with E-state index in [1.54, 1.807) is 25.1 Å². The Morgan fingerprint density at radius 2 is 2.06 bits per heavy atom. The number of methoxy groups -OCH3 is 1. The Labute approximate surface area is 93.2 Å². The quantitative estimate of drug-likeness (QED) is 0.846. The van der Waals surface area contributed by atoms with Crippen LogP contribution in [0.1, 0.15) is 18.5 Å². The van der Waals surface area contributed by atoms with E-state index in [0.717, 1.165) is 0 Å². The van der Waals surface area contributed by atoms with Gasteiger partial charge in [-0.3, -0.25) is 0 Å². The summed E-state index contributed by atoms with van der Waals surface area (Å²) < 4.78 is 34.1. The highest BCUT2D eigenvalue weighted by Crippen LogP contribution is 2.28. The first-order valence-electron chi connectivity index (χ1n) is 4.89. The molecule has 0 saturated heterocycles. The summed E-state index contributed by atoms with van der Waals surface area (Å²) in [5.41, 5.74) is 6.39. The highest BCUT2D eigenvalue weighted by molar-refractivity contribution is 5.42. The number of alkyl halides is 2. The van der Waals surface area contributed by atoms with Crippen LogP contribution in [0.2, 0.25) is 0 Å². The van der Waals surface area contributed by atoms with Gasteiger partial charge in [-0.2, -0.15) is 0 Å². The van der Waals surface area contributed by atoms with Crippen molar-refractivity contribution in [2.75, 3.05) is 13.7 Å². The molecule has 1 atom stereocenters. The third-order valence-corrected chi connectivity index (χ3v) is 2.08. The van der Waals surface area contributed by atoms with E-state index < -0.39 is 13.0 Å². The molecule has 0 aliphatic rings. The number of hydrogen-bond acceptors (Lipinski definition) is 3. The van der Waals surface area contributed by atoms with Crippen LogP contribution in [0.5, 0.6) is 11.5 Å². The summed E-state index contributed by atoms with van der Waals surface area (Å²) in [5, 5.41) is 0. The third kappa shape index (κ3) is 3.34. The number of rotatable bonds is 5. The number of halogens is 2. The largest absolute Gasteiger partial charge is 0.497 e. The Morgan fingerprint density at radius 3 is 2.56 bits per heavy atom. The van der Waals surface area contributed by atoms with Crippen molar-refractivity contribution in [2.45, 2.75) is 19.4 Å². The smallest absolute Gasteiger partial charge is 0.272 e. The van der Waals surface area contributed by atoms with Gasteiger partial charge in [0.25, 0.3) is 6.43 Å². The molecule has 5 heteroatoms. The average molecular weight is 231 g/mol. The van der Waals surface area contributed by atoms with Crippen molar-refractivity contribution in [3.8, 4) is 11.5 Å². The van der Waals surface area contributed by atoms with Crippen LogP contribution in [-0.2, 0) is 0 Å². The fourth-order valence-electron chi connectivity index (χ4n) is 1.30. The second-order valence-corrected chi connectivity index (χ2v) is 3.39. The van der Waals surface area contributed by atoms with E-state index in [2.05, 4.69) is 0 Å². The molecule has 90 valence electrons. The van der Waals surface area contributed by atoms with Crippen molar-refractivity contribution in [3.05, 3.63) is 23.8 Å². The van der Waals surface area contributed by atoms with E-state index in [9.17, 15) is 8.78 Å². The van der Waals surface area contributed by atoms with E-state index in [0.29, 0.717) is 17.1 Å². The molecule has 1 aromatic rings. The van der Waals surface area contributed by atoms with Crippen molar-refractivity contribution < 1.29 is 18.3 Å². The summed E-state index contributed by atoms with van der Waals surface area (Å²) in [5.74, 6) is 0.892. The predicted molar refractivity (Wildman–Crippen MR) is 57.1 cm³/mol. The fraction of sp³-hybridized carbons (Fsp3) is 0.455. The summed E-state index contributed by atoms with van der Waals surface area (Å²) >= 11 is 0. The minimum Gasteiger partial charge on any atom is -0.497 e. The number of nitrogens with two attached hydrogens (primary N) is 1. The molecule has 0 aliphatic carbocycles. The molecule has 1 unspecified atom stereocenters. The summed E-state index contributed by atoms with van der Waals surface area (Å²) in [6, 6.07) is 4.71. The van der Waals surface area contributed by atoms with Gasteiger partial charge in [0, 0.05) is 17.7 Å². The van der Waals surface area contributed by atoms with E-state index >= 15 is 0 Å². The van der Waals surface area contributed by atoms with Gasteiger partial charge >= 0.3 is 0 Å². The molecular weight excluding hydrogens is 216 g/mol. The summed E-state index contributed by atoms with van der Waals surface area (Å²) in [6.07, 6.45) is -2.51. The first-order valence-corrected chi connectivity index (χ1v) is 4.89. The first kappa shape index (κ1) is 12.7. The molecule has 0 amide bonds. The van der Waals surface area contributed by atoms with Crippen LogP contribution in [0.3, 0.4) is 0 Å². The normalized spacial score (nSPS) is 12.6. The molecular formula is C11H15F2NO2. The Kier molecular flexibility index (Phi) is 4.49. The molecule has 0 fully saturated rings. The molecule has 0 aliphatic heterocycles. The molecule has 0 spiro atoms. The molecule has 0 radical (unpaired) electrons. The molecule has 16 heavy (non-hydrogen) atoms. The molecule has 0 aromatic heterocycles. The van der Waals surface area contributed by atoms with Gasteiger partial charge in [0.1, 0.15) is 18.1 Å². The van der Waals surface area contributed by atoms with Gasteiger partial charge in [-0.15, -0.1) is 0 Å². The molecule has 0 bridgehead atoms. The maximum Gasteiger partial charge on any atom is 0.272 e. The minimum atomic E-state index is -2.51. The molecule has 0 saturated carbocycles. The van der Waals surface area contributed by atoms with Crippen LogP contribution in [0, 0.1) is 0 Å². The van der Waals surface area contributed by atoms with Gasteiger partial charge in [0.2, 0.25) is 0 Å². The minimum absolute atomic E-state index is 0.279. The Balaban J connectivity index is 2.91. The highest BCUT2D eigenvalue weighted by atomic mass is 19.3. The lowest BCUT2D eigenvalue weighted by atomic mass is 10.1. The second kappa shape index (κ2) is 5.65. The lowest BCUT2D eigenvalue weighted by Gasteiger charge is -2.14. The lowest BCUT2D eigenvalue weighted by molar-refractivity contribution is 0.0811. The Bertz CT molecular complexity index is 343. The molecule has 1 aromatic carbocycles. The second-order valence-electron chi connectivity index (χ2n) is 3.39. The van der Waals surface area contributed by atoms with Crippen LogP contribution < -0.4 is 15.2 Å². The zero-order valence-corrected chi connectivity index (χ0v) is 9.24.